The zero-order valence-corrected chi connectivity index (χ0v) is 11.9. The van der Waals surface area contributed by atoms with Gasteiger partial charge in [0, 0.05) is 5.56 Å². The summed E-state index contributed by atoms with van der Waals surface area (Å²) in [4.78, 5) is 21.9. The van der Waals surface area contributed by atoms with Crippen LogP contribution in [0.2, 0.25) is 0 Å². The van der Waals surface area contributed by atoms with Gasteiger partial charge in [0.25, 0.3) is 0 Å². The van der Waals surface area contributed by atoms with Gasteiger partial charge in [-0.05, 0) is 36.4 Å². The third-order valence-electron chi connectivity index (χ3n) is 2.86. The molecule has 0 amide bonds. The second kappa shape index (κ2) is 6.57. The summed E-state index contributed by atoms with van der Waals surface area (Å²) in [5, 5.41) is 10.5. The van der Waals surface area contributed by atoms with E-state index < -0.39 is 4.92 Å². The van der Waals surface area contributed by atoms with E-state index >= 15 is 0 Å². The van der Waals surface area contributed by atoms with Crippen molar-refractivity contribution < 1.29 is 23.6 Å². The van der Waals surface area contributed by atoms with E-state index in [9.17, 15) is 14.9 Å². The molecule has 0 aliphatic carbocycles. The van der Waals surface area contributed by atoms with Crippen LogP contribution in [0.3, 0.4) is 0 Å². The SMILES string of the molecule is COc1ccc(C(=O)/C=C\c2ccc([N+](=O)[O-])o2)cc1OC. The predicted molar refractivity (Wildman–Crippen MR) is 78.3 cm³/mol. The Morgan fingerprint density at radius 3 is 2.50 bits per heavy atom. The normalized spacial score (nSPS) is 10.6. The highest BCUT2D eigenvalue weighted by molar-refractivity contribution is 6.07. The number of methoxy groups -OCH3 is 2. The molecule has 0 aliphatic rings. The summed E-state index contributed by atoms with van der Waals surface area (Å²) < 4.78 is 15.1. The summed E-state index contributed by atoms with van der Waals surface area (Å²) in [6.07, 6.45) is 2.63. The number of ether oxygens (including phenoxy) is 2. The van der Waals surface area contributed by atoms with Crippen molar-refractivity contribution in [2.24, 2.45) is 0 Å². The first kappa shape index (κ1) is 15.3. The second-order valence-corrected chi connectivity index (χ2v) is 4.20. The fourth-order valence-corrected chi connectivity index (χ4v) is 1.77. The molecule has 0 saturated carbocycles. The molecule has 0 fully saturated rings. The van der Waals surface area contributed by atoms with Crippen LogP contribution in [0.1, 0.15) is 16.1 Å². The van der Waals surface area contributed by atoms with Gasteiger partial charge in [-0.3, -0.25) is 14.9 Å². The number of hydrogen-bond donors (Lipinski definition) is 0. The summed E-state index contributed by atoms with van der Waals surface area (Å²) in [5.74, 6) is 0.513. The van der Waals surface area contributed by atoms with Crippen molar-refractivity contribution in [2.75, 3.05) is 14.2 Å². The summed E-state index contributed by atoms with van der Waals surface area (Å²) in [6.45, 7) is 0. The molecule has 1 aromatic heterocycles. The van der Waals surface area contributed by atoms with Crippen molar-refractivity contribution in [2.45, 2.75) is 0 Å². The van der Waals surface area contributed by atoms with Gasteiger partial charge in [-0.15, -0.1) is 0 Å². The lowest BCUT2D eigenvalue weighted by Crippen LogP contribution is -1.97. The van der Waals surface area contributed by atoms with Crippen LogP contribution in [0.25, 0.3) is 6.08 Å². The van der Waals surface area contributed by atoms with Gasteiger partial charge < -0.3 is 13.9 Å². The number of hydrogen-bond acceptors (Lipinski definition) is 6. The molecule has 0 aliphatic heterocycles. The van der Waals surface area contributed by atoms with Crippen molar-refractivity contribution in [1.29, 1.82) is 0 Å². The Labute approximate surface area is 125 Å². The molecule has 0 atom stereocenters. The van der Waals surface area contributed by atoms with E-state index in [0.717, 1.165) is 0 Å². The molecule has 0 N–H and O–H groups in total. The van der Waals surface area contributed by atoms with Crippen LogP contribution in [0.15, 0.2) is 40.8 Å². The van der Waals surface area contributed by atoms with Crippen molar-refractivity contribution in [1.82, 2.24) is 0 Å². The van der Waals surface area contributed by atoms with Crippen molar-refractivity contribution in [3.05, 3.63) is 57.8 Å². The van der Waals surface area contributed by atoms with Crippen LogP contribution < -0.4 is 9.47 Å². The minimum atomic E-state index is -0.645. The van der Waals surface area contributed by atoms with Gasteiger partial charge in [0.1, 0.15) is 10.7 Å². The first-order chi connectivity index (χ1) is 10.5. The summed E-state index contributed by atoms with van der Waals surface area (Å²) in [6, 6.07) is 7.41. The Morgan fingerprint density at radius 1 is 1.18 bits per heavy atom. The van der Waals surface area contributed by atoms with E-state index in [4.69, 9.17) is 13.9 Å². The lowest BCUT2D eigenvalue weighted by molar-refractivity contribution is -0.402. The first-order valence-electron chi connectivity index (χ1n) is 6.24. The maximum absolute atomic E-state index is 12.1. The molecule has 0 radical (unpaired) electrons. The van der Waals surface area contributed by atoms with Gasteiger partial charge in [0.15, 0.2) is 17.3 Å². The van der Waals surface area contributed by atoms with E-state index in [-0.39, 0.29) is 17.4 Å². The molecule has 2 aromatic rings. The third-order valence-corrected chi connectivity index (χ3v) is 2.86. The van der Waals surface area contributed by atoms with Crippen LogP contribution >= 0.6 is 0 Å². The number of carbonyl (C=O) groups is 1. The molecule has 1 heterocycles. The Kier molecular flexibility index (Phi) is 4.57. The third kappa shape index (κ3) is 3.32. The van der Waals surface area contributed by atoms with Gasteiger partial charge in [0.2, 0.25) is 0 Å². The minimum absolute atomic E-state index is 0.223. The van der Waals surface area contributed by atoms with Gasteiger partial charge in [-0.1, -0.05) is 0 Å². The number of carbonyl (C=O) groups excluding carboxylic acids is 1. The summed E-state index contributed by atoms with van der Waals surface area (Å²) in [5.41, 5.74) is 0.398. The molecule has 0 saturated heterocycles. The van der Waals surface area contributed by atoms with Gasteiger partial charge in [0.05, 0.1) is 20.3 Å². The summed E-state index contributed by atoms with van der Waals surface area (Å²) in [7, 11) is 2.98. The number of rotatable bonds is 6. The molecule has 0 unspecified atom stereocenters. The first-order valence-corrected chi connectivity index (χ1v) is 6.24. The quantitative estimate of drug-likeness (QED) is 0.352. The predicted octanol–water partition coefficient (Wildman–Crippen LogP) is 3.10. The van der Waals surface area contributed by atoms with Gasteiger partial charge >= 0.3 is 5.88 Å². The Bertz CT molecular complexity index is 731. The van der Waals surface area contributed by atoms with Crippen molar-refractivity contribution in [3.63, 3.8) is 0 Å². The fraction of sp³-hybridized carbons (Fsp3) is 0.133. The highest BCUT2D eigenvalue weighted by Crippen LogP contribution is 2.28. The fourth-order valence-electron chi connectivity index (χ4n) is 1.77. The highest BCUT2D eigenvalue weighted by atomic mass is 16.6. The molecular weight excluding hydrogens is 290 g/mol. The van der Waals surface area contributed by atoms with Crippen LogP contribution in [0, 0.1) is 10.1 Å². The number of allylic oxidation sites excluding steroid dienone is 1. The Hall–Kier alpha value is -3.09. The van der Waals surface area contributed by atoms with E-state index in [1.807, 2.05) is 0 Å². The van der Waals surface area contributed by atoms with Crippen LogP contribution in [-0.2, 0) is 0 Å². The standard InChI is InChI=1S/C15H13NO6/c1-20-13-7-3-10(9-14(13)21-2)12(17)6-4-11-5-8-15(22-11)16(18)19/h3-9H,1-2H3/b6-4-. The molecule has 1 aromatic carbocycles. The molecule has 2 rings (SSSR count). The smallest absolute Gasteiger partial charge is 0.433 e. The van der Waals surface area contributed by atoms with Crippen molar-refractivity contribution in [3.8, 4) is 11.5 Å². The van der Waals surface area contributed by atoms with E-state index in [2.05, 4.69) is 0 Å². The van der Waals surface area contributed by atoms with Crippen LogP contribution in [0.4, 0.5) is 5.88 Å². The molecule has 0 bridgehead atoms. The van der Waals surface area contributed by atoms with E-state index in [1.54, 1.807) is 18.2 Å². The van der Waals surface area contributed by atoms with Gasteiger partial charge in [-0.25, -0.2) is 0 Å². The average Bonchev–Trinajstić information content (AvgIpc) is 3.01. The number of benzene rings is 1. The molecule has 7 nitrogen and oxygen atoms in total. The Balaban J connectivity index is 2.17. The largest absolute Gasteiger partial charge is 0.493 e. The second-order valence-electron chi connectivity index (χ2n) is 4.20. The maximum atomic E-state index is 12.1. The zero-order chi connectivity index (χ0) is 16.1. The lowest BCUT2D eigenvalue weighted by atomic mass is 10.1. The molecule has 22 heavy (non-hydrogen) atoms. The van der Waals surface area contributed by atoms with E-state index in [0.29, 0.717) is 17.1 Å². The average molecular weight is 303 g/mol. The number of nitro groups is 1. The molecular formula is C15H13NO6. The number of ketones is 1. The van der Waals surface area contributed by atoms with Crippen LogP contribution in [0.5, 0.6) is 11.5 Å². The number of nitrogens with zero attached hydrogens (tertiary/aromatic N) is 1. The van der Waals surface area contributed by atoms with Crippen LogP contribution in [-0.4, -0.2) is 24.9 Å². The minimum Gasteiger partial charge on any atom is -0.493 e. The summed E-state index contributed by atoms with van der Waals surface area (Å²) >= 11 is 0. The van der Waals surface area contributed by atoms with Crippen molar-refractivity contribution >= 4 is 17.7 Å². The Morgan fingerprint density at radius 2 is 1.91 bits per heavy atom. The maximum Gasteiger partial charge on any atom is 0.433 e. The number of furan rings is 1. The highest BCUT2D eigenvalue weighted by Gasteiger charge is 2.11. The molecule has 7 heteroatoms. The lowest BCUT2D eigenvalue weighted by Gasteiger charge is -2.07. The monoisotopic (exact) mass is 303 g/mol. The molecule has 0 spiro atoms. The van der Waals surface area contributed by atoms with Gasteiger partial charge in [-0.2, -0.15) is 0 Å². The molecule has 114 valence electrons. The zero-order valence-electron chi connectivity index (χ0n) is 11.9. The van der Waals surface area contributed by atoms with E-state index in [1.165, 1.54) is 38.5 Å². The topological polar surface area (TPSA) is 91.8 Å².